The molecular formula is C25H27ClN4O3S. The molecule has 9 heteroatoms. The minimum Gasteiger partial charge on any atom is -0.356 e. The standard InChI is InChI=1S/C25H27ClN4O3S/c1-16(31)27-13-3-4-18-5-7-20(8-6-18)23-15-34-25(29-23)30-24(33)14-22(28-17(2)32)19-9-11-21(26)12-10-19/h5-12,15,22H,3-4,13-14H2,1-2H3,(H,27,31)(H,28,32)(H,29,30,33). The van der Waals surface area contributed by atoms with Crippen molar-refractivity contribution in [2.24, 2.45) is 0 Å². The van der Waals surface area contributed by atoms with Crippen LogP contribution in [0.1, 0.15) is 43.9 Å². The van der Waals surface area contributed by atoms with E-state index >= 15 is 0 Å². The van der Waals surface area contributed by atoms with Gasteiger partial charge in [-0.3, -0.25) is 14.4 Å². The molecule has 1 aromatic heterocycles. The van der Waals surface area contributed by atoms with Gasteiger partial charge in [0.25, 0.3) is 0 Å². The van der Waals surface area contributed by atoms with Crippen LogP contribution in [0.3, 0.4) is 0 Å². The number of benzene rings is 2. The van der Waals surface area contributed by atoms with E-state index in [1.54, 1.807) is 24.3 Å². The largest absolute Gasteiger partial charge is 0.356 e. The summed E-state index contributed by atoms with van der Waals surface area (Å²) >= 11 is 7.30. The molecule has 0 spiro atoms. The zero-order valence-corrected chi connectivity index (χ0v) is 20.6. The highest BCUT2D eigenvalue weighted by Crippen LogP contribution is 2.26. The van der Waals surface area contributed by atoms with Crippen LogP contribution >= 0.6 is 22.9 Å². The van der Waals surface area contributed by atoms with Crippen LogP contribution in [-0.2, 0) is 20.8 Å². The Labute approximate surface area is 207 Å². The predicted molar refractivity (Wildman–Crippen MR) is 136 cm³/mol. The number of carbonyl (C=O) groups is 3. The summed E-state index contributed by atoms with van der Waals surface area (Å²) in [7, 11) is 0. The van der Waals surface area contributed by atoms with Gasteiger partial charge < -0.3 is 16.0 Å². The maximum absolute atomic E-state index is 12.7. The number of nitrogens with one attached hydrogen (secondary N) is 3. The van der Waals surface area contributed by atoms with Crippen molar-refractivity contribution in [1.29, 1.82) is 0 Å². The summed E-state index contributed by atoms with van der Waals surface area (Å²) in [5.74, 6) is -0.482. The fourth-order valence-electron chi connectivity index (χ4n) is 3.41. The Morgan fingerprint density at radius 2 is 1.71 bits per heavy atom. The topological polar surface area (TPSA) is 100 Å². The Kier molecular flexibility index (Phi) is 9.18. The third-order valence-corrected chi connectivity index (χ3v) is 6.07. The third kappa shape index (κ3) is 7.97. The number of amides is 3. The van der Waals surface area contributed by atoms with E-state index in [0.29, 0.717) is 16.7 Å². The number of hydrogen-bond acceptors (Lipinski definition) is 5. The Bertz CT molecular complexity index is 1130. The molecule has 0 bridgehead atoms. The first-order chi connectivity index (χ1) is 16.3. The first-order valence-corrected chi connectivity index (χ1v) is 12.2. The van der Waals surface area contributed by atoms with Crippen molar-refractivity contribution in [3.8, 4) is 11.3 Å². The normalized spacial score (nSPS) is 11.5. The Hall–Kier alpha value is -3.23. The van der Waals surface area contributed by atoms with Crippen LogP contribution in [0.2, 0.25) is 5.02 Å². The molecular weight excluding hydrogens is 472 g/mol. The summed E-state index contributed by atoms with van der Waals surface area (Å²) in [6.07, 6.45) is 1.83. The van der Waals surface area contributed by atoms with E-state index in [1.807, 2.05) is 29.6 Å². The molecule has 0 radical (unpaired) electrons. The Morgan fingerprint density at radius 3 is 2.35 bits per heavy atom. The van der Waals surface area contributed by atoms with Gasteiger partial charge in [0.1, 0.15) is 0 Å². The molecule has 1 unspecified atom stereocenters. The molecule has 3 rings (SSSR count). The summed E-state index contributed by atoms with van der Waals surface area (Å²) in [4.78, 5) is 39.7. The van der Waals surface area contributed by atoms with Crippen molar-refractivity contribution in [2.45, 2.75) is 39.2 Å². The molecule has 178 valence electrons. The second-order valence-corrected chi connectivity index (χ2v) is 9.17. The molecule has 2 aromatic carbocycles. The first-order valence-electron chi connectivity index (χ1n) is 10.9. The smallest absolute Gasteiger partial charge is 0.228 e. The number of nitrogens with zero attached hydrogens (tertiary/aromatic N) is 1. The second kappa shape index (κ2) is 12.3. The highest BCUT2D eigenvalue weighted by Gasteiger charge is 2.18. The lowest BCUT2D eigenvalue weighted by atomic mass is 10.0. The van der Waals surface area contributed by atoms with Gasteiger partial charge in [-0.25, -0.2) is 4.98 Å². The first kappa shape index (κ1) is 25.4. The van der Waals surface area contributed by atoms with Gasteiger partial charge in [-0.1, -0.05) is 48.0 Å². The molecule has 3 aromatic rings. The fraction of sp³-hybridized carbons (Fsp3) is 0.280. The highest BCUT2D eigenvalue weighted by molar-refractivity contribution is 7.14. The maximum atomic E-state index is 12.7. The zero-order chi connectivity index (χ0) is 24.5. The van der Waals surface area contributed by atoms with Crippen LogP contribution in [0, 0.1) is 0 Å². The minimum absolute atomic E-state index is 0.0163. The van der Waals surface area contributed by atoms with Gasteiger partial charge in [-0.15, -0.1) is 11.3 Å². The minimum atomic E-state index is -0.465. The molecule has 0 saturated carbocycles. The van der Waals surface area contributed by atoms with Gasteiger partial charge in [0.15, 0.2) is 5.13 Å². The number of rotatable bonds is 10. The van der Waals surface area contributed by atoms with E-state index in [0.717, 1.165) is 29.7 Å². The lowest BCUT2D eigenvalue weighted by molar-refractivity contribution is -0.121. The molecule has 0 aliphatic rings. The molecule has 1 heterocycles. The monoisotopic (exact) mass is 498 g/mol. The molecule has 3 N–H and O–H groups in total. The van der Waals surface area contributed by atoms with E-state index in [2.05, 4.69) is 20.9 Å². The number of hydrogen-bond donors (Lipinski definition) is 3. The van der Waals surface area contributed by atoms with Crippen molar-refractivity contribution in [3.05, 3.63) is 70.1 Å². The number of aromatic nitrogens is 1. The molecule has 0 aliphatic heterocycles. The average Bonchev–Trinajstić information content (AvgIpc) is 3.25. The van der Waals surface area contributed by atoms with Gasteiger partial charge in [0.05, 0.1) is 18.2 Å². The highest BCUT2D eigenvalue weighted by atomic mass is 35.5. The Balaban J connectivity index is 1.57. The SMILES string of the molecule is CC(=O)NCCCc1ccc(-c2csc(NC(=O)CC(NC(C)=O)c3ccc(Cl)cc3)n2)cc1. The lowest BCUT2D eigenvalue weighted by Crippen LogP contribution is -2.29. The summed E-state index contributed by atoms with van der Waals surface area (Å²) in [6.45, 7) is 3.59. The van der Waals surface area contributed by atoms with Crippen molar-refractivity contribution in [3.63, 3.8) is 0 Å². The van der Waals surface area contributed by atoms with Gasteiger partial charge in [-0.2, -0.15) is 0 Å². The van der Waals surface area contributed by atoms with Crippen LogP contribution < -0.4 is 16.0 Å². The summed E-state index contributed by atoms with van der Waals surface area (Å²) in [5.41, 5.74) is 3.72. The third-order valence-electron chi connectivity index (χ3n) is 5.06. The second-order valence-electron chi connectivity index (χ2n) is 7.88. The van der Waals surface area contributed by atoms with E-state index in [1.165, 1.54) is 30.7 Å². The van der Waals surface area contributed by atoms with Crippen LogP contribution in [-0.4, -0.2) is 29.3 Å². The molecule has 0 saturated heterocycles. The van der Waals surface area contributed by atoms with Crippen molar-refractivity contribution >= 4 is 45.8 Å². The zero-order valence-electron chi connectivity index (χ0n) is 19.1. The van der Waals surface area contributed by atoms with Crippen LogP contribution in [0.15, 0.2) is 53.9 Å². The summed E-state index contributed by atoms with van der Waals surface area (Å²) in [5, 5.41) is 11.4. The molecule has 0 aliphatic carbocycles. The maximum Gasteiger partial charge on any atom is 0.228 e. The van der Waals surface area contributed by atoms with Gasteiger partial charge >= 0.3 is 0 Å². The Morgan fingerprint density at radius 1 is 1.00 bits per heavy atom. The van der Waals surface area contributed by atoms with Crippen LogP contribution in [0.5, 0.6) is 0 Å². The molecule has 7 nitrogen and oxygen atoms in total. The number of aryl methyl sites for hydroxylation is 1. The number of anilines is 1. The van der Waals surface area contributed by atoms with Crippen LogP contribution in [0.4, 0.5) is 5.13 Å². The van der Waals surface area contributed by atoms with Crippen molar-refractivity contribution in [1.82, 2.24) is 15.6 Å². The van der Waals surface area contributed by atoms with E-state index in [9.17, 15) is 14.4 Å². The van der Waals surface area contributed by atoms with E-state index in [4.69, 9.17) is 11.6 Å². The van der Waals surface area contributed by atoms with Gasteiger partial charge in [0, 0.05) is 36.4 Å². The van der Waals surface area contributed by atoms with E-state index in [-0.39, 0.29) is 24.1 Å². The van der Waals surface area contributed by atoms with Crippen molar-refractivity contribution < 1.29 is 14.4 Å². The predicted octanol–water partition coefficient (Wildman–Crippen LogP) is 4.74. The number of carbonyl (C=O) groups excluding carboxylic acids is 3. The van der Waals surface area contributed by atoms with Gasteiger partial charge in [0.2, 0.25) is 17.7 Å². The number of thiazole rings is 1. The quantitative estimate of drug-likeness (QED) is 0.351. The summed E-state index contributed by atoms with van der Waals surface area (Å²) in [6, 6.07) is 14.7. The average molecular weight is 499 g/mol. The lowest BCUT2D eigenvalue weighted by Gasteiger charge is -2.17. The summed E-state index contributed by atoms with van der Waals surface area (Å²) < 4.78 is 0. The van der Waals surface area contributed by atoms with E-state index < -0.39 is 6.04 Å². The fourth-order valence-corrected chi connectivity index (χ4v) is 4.27. The molecule has 3 amide bonds. The number of halogens is 1. The molecule has 34 heavy (non-hydrogen) atoms. The van der Waals surface area contributed by atoms with Crippen molar-refractivity contribution in [2.75, 3.05) is 11.9 Å². The van der Waals surface area contributed by atoms with Crippen LogP contribution in [0.25, 0.3) is 11.3 Å². The molecule has 0 fully saturated rings. The van der Waals surface area contributed by atoms with Gasteiger partial charge in [-0.05, 0) is 36.1 Å². The molecule has 1 atom stereocenters.